The SMILES string of the molecule is O=c1cc(CC[C@H]2C[C@@H]2c2ccc3ccccc3n2)nc2cc[nH]n12. The molecule has 1 N–H and O–H groups in total. The molecule has 0 bridgehead atoms. The zero-order chi connectivity index (χ0) is 16.8. The molecule has 3 heterocycles. The van der Waals surface area contributed by atoms with Crippen molar-refractivity contribution in [2.45, 2.75) is 25.2 Å². The molecule has 124 valence electrons. The van der Waals surface area contributed by atoms with Gasteiger partial charge in [0.1, 0.15) is 0 Å². The van der Waals surface area contributed by atoms with Crippen LogP contribution >= 0.6 is 0 Å². The molecule has 0 amide bonds. The van der Waals surface area contributed by atoms with Crippen LogP contribution in [0.5, 0.6) is 0 Å². The maximum absolute atomic E-state index is 12.0. The number of pyridine rings is 1. The largest absolute Gasteiger partial charge is 0.297 e. The van der Waals surface area contributed by atoms with Gasteiger partial charge in [-0.25, -0.2) is 9.50 Å². The van der Waals surface area contributed by atoms with E-state index >= 15 is 0 Å². The van der Waals surface area contributed by atoms with Gasteiger partial charge >= 0.3 is 0 Å². The molecular formula is C20H18N4O. The van der Waals surface area contributed by atoms with Crippen LogP contribution in [0.15, 0.2) is 59.5 Å². The highest BCUT2D eigenvalue weighted by Gasteiger charge is 2.38. The van der Waals surface area contributed by atoms with E-state index in [1.807, 2.05) is 18.2 Å². The molecule has 1 saturated carbocycles. The summed E-state index contributed by atoms with van der Waals surface area (Å²) in [6.07, 6.45) is 4.80. The molecule has 4 aromatic rings. The van der Waals surface area contributed by atoms with E-state index in [1.165, 1.54) is 22.0 Å². The van der Waals surface area contributed by atoms with Crippen molar-refractivity contribution in [1.29, 1.82) is 0 Å². The Kier molecular flexibility index (Phi) is 3.20. The highest BCUT2D eigenvalue weighted by atomic mass is 16.1. The number of aromatic nitrogens is 4. The lowest BCUT2D eigenvalue weighted by molar-refractivity contribution is 0.686. The molecule has 0 spiro atoms. The summed E-state index contributed by atoms with van der Waals surface area (Å²) in [6.45, 7) is 0. The second kappa shape index (κ2) is 5.55. The Balaban J connectivity index is 1.30. The second-order valence-corrected chi connectivity index (χ2v) is 6.81. The number of aromatic amines is 1. The van der Waals surface area contributed by atoms with Crippen LogP contribution in [0.1, 0.15) is 30.1 Å². The number of nitrogens with one attached hydrogen (secondary N) is 1. The van der Waals surface area contributed by atoms with Gasteiger partial charge < -0.3 is 0 Å². The summed E-state index contributed by atoms with van der Waals surface area (Å²) in [5, 5.41) is 4.06. The van der Waals surface area contributed by atoms with Gasteiger partial charge in [-0.3, -0.25) is 14.9 Å². The molecule has 3 aromatic heterocycles. The predicted molar refractivity (Wildman–Crippen MR) is 96.7 cm³/mol. The van der Waals surface area contributed by atoms with Crippen molar-refractivity contribution in [3.8, 4) is 0 Å². The fourth-order valence-electron chi connectivity index (χ4n) is 3.66. The summed E-state index contributed by atoms with van der Waals surface area (Å²) in [6, 6.07) is 16.0. The molecule has 1 fully saturated rings. The number of aryl methyl sites for hydroxylation is 1. The topological polar surface area (TPSA) is 63.0 Å². The number of para-hydroxylation sites is 1. The van der Waals surface area contributed by atoms with Gasteiger partial charge in [0.15, 0.2) is 5.65 Å². The van der Waals surface area contributed by atoms with Crippen LogP contribution in [0.3, 0.4) is 0 Å². The molecule has 0 radical (unpaired) electrons. The number of rotatable bonds is 4. The molecule has 1 aromatic carbocycles. The lowest BCUT2D eigenvalue weighted by Crippen LogP contribution is -2.15. The van der Waals surface area contributed by atoms with Crippen LogP contribution in [0, 0.1) is 5.92 Å². The van der Waals surface area contributed by atoms with Crippen molar-refractivity contribution in [2.24, 2.45) is 5.92 Å². The smallest absolute Gasteiger partial charge is 0.272 e. The first-order valence-corrected chi connectivity index (χ1v) is 8.70. The number of fused-ring (bicyclic) bond motifs is 2. The van der Waals surface area contributed by atoms with Gasteiger partial charge in [-0.1, -0.05) is 24.3 Å². The normalized spacial score (nSPS) is 19.5. The number of hydrogen-bond donors (Lipinski definition) is 1. The van der Waals surface area contributed by atoms with E-state index < -0.39 is 0 Å². The predicted octanol–water partition coefficient (Wildman–Crippen LogP) is 3.31. The number of benzene rings is 1. The first kappa shape index (κ1) is 14.4. The van der Waals surface area contributed by atoms with Crippen molar-refractivity contribution in [3.63, 3.8) is 0 Å². The Bertz CT molecular complexity index is 1130. The first-order valence-electron chi connectivity index (χ1n) is 8.70. The van der Waals surface area contributed by atoms with E-state index in [9.17, 15) is 4.79 Å². The second-order valence-electron chi connectivity index (χ2n) is 6.81. The van der Waals surface area contributed by atoms with E-state index in [0.717, 1.165) is 24.1 Å². The summed E-state index contributed by atoms with van der Waals surface area (Å²) in [4.78, 5) is 21.4. The van der Waals surface area contributed by atoms with Gasteiger partial charge in [0.2, 0.25) is 0 Å². The zero-order valence-electron chi connectivity index (χ0n) is 13.7. The minimum Gasteiger partial charge on any atom is -0.297 e. The average Bonchev–Trinajstić information content (AvgIpc) is 3.26. The van der Waals surface area contributed by atoms with Crippen LogP contribution in [0.25, 0.3) is 16.6 Å². The van der Waals surface area contributed by atoms with Crippen molar-refractivity contribution in [2.75, 3.05) is 0 Å². The fraction of sp³-hybridized carbons (Fsp3) is 0.250. The molecule has 1 aliphatic rings. The van der Waals surface area contributed by atoms with Crippen LogP contribution in [-0.2, 0) is 6.42 Å². The van der Waals surface area contributed by atoms with E-state index in [-0.39, 0.29) is 5.56 Å². The van der Waals surface area contributed by atoms with E-state index in [0.29, 0.717) is 17.5 Å². The molecule has 0 aliphatic heterocycles. The van der Waals surface area contributed by atoms with Crippen LogP contribution in [-0.4, -0.2) is 19.6 Å². The van der Waals surface area contributed by atoms with E-state index in [4.69, 9.17) is 4.98 Å². The number of hydrogen-bond acceptors (Lipinski definition) is 3. The highest BCUT2D eigenvalue weighted by molar-refractivity contribution is 5.78. The Morgan fingerprint density at radius 1 is 1.12 bits per heavy atom. The third-order valence-electron chi connectivity index (χ3n) is 5.13. The summed E-state index contributed by atoms with van der Waals surface area (Å²) < 4.78 is 1.46. The molecule has 0 unspecified atom stereocenters. The van der Waals surface area contributed by atoms with Crippen LogP contribution < -0.4 is 5.56 Å². The van der Waals surface area contributed by atoms with Gasteiger partial charge in [-0.2, -0.15) is 0 Å². The lowest BCUT2D eigenvalue weighted by atomic mass is 10.1. The third-order valence-corrected chi connectivity index (χ3v) is 5.13. The Morgan fingerprint density at radius 3 is 3.00 bits per heavy atom. The number of nitrogens with zero attached hydrogens (tertiary/aromatic N) is 3. The molecular weight excluding hydrogens is 312 g/mol. The van der Waals surface area contributed by atoms with E-state index in [1.54, 1.807) is 12.3 Å². The van der Waals surface area contributed by atoms with Gasteiger partial charge in [0.05, 0.1) is 5.52 Å². The van der Waals surface area contributed by atoms with Crippen LogP contribution in [0.4, 0.5) is 0 Å². The Hall–Kier alpha value is -2.95. The monoisotopic (exact) mass is 330 g/mol. The molecule has 5 heteroatoms. The van der Waals surface area contributed by atoms with E-state index in [2.05, 4.69) is 34.3 Å². The molecule has 1 aliphatic carbocycles. The molecule has 2 atom stereocenters. The quantitative estimate of drug-likeness (QED) is 0.624. The molecule has 5 nitrogen and oxygen atoms in total. The van der Waals surface area contributed by atoms with Gasteiger partial charge in [0.25, 0.3) is 5.56 Å². The minimum atomic E-state index is -0.0476. The summed E-state index contributed by atoms with van der Waals surface area (Å²) >= 11 is 0. The number of H-pyrrole nitrogens is 1. The van der Waals surface area contributed by atoms with Crippen LogP contribution in [0.2, 0.25) is 0 Å². The maximum atomic E-state index is 12.0. The maximum Gasteiger partial charge on any atom is 0.272 e. The van der Waals surface area contributed by atoms with Crippen molar-refractivity contribution >= 4 is 16.6 Å². The molecule has 25 heavy (non-hydrogen) atoms. The van der Waals surface area contributed by atoms with Crippen molar-refractivity contribution in [3.05, 3.63) is 76.5 Å². The van der Waals surface area contributed by atoms with Gasteiger partial charge in [-0.05, 0) is 37.3 Å². The lowest BCUT2D eigenvalue weighted by Gasteiger charge is -2.03. The first-order chi connectivity index (χ1) is 12.3. The summed E-state index contributed by atoms with van der Waals surface area (Å²) in [7, 11) is 0. The standard InChI is InChI=1S/C20H18N4O/c25-20-12-15(22-19-9-10-21-24(19)20)7-5-14-11-16(14)18-8-6-13-3-1-2-4-17(13)23-18/h1-4,6,8-10,12,14,16,21H,5,7,11H2/t14-,16-/m0/s1. The Morgan fingerprint density at radius 2 is 2.04 bits per heavy atom. The van der Waals surface area contributed by atoms with Crippen molar-refractivity contribution in [1.82, 2.24) is 19.6 Å². The highest BCUT2D eigenvalue weighted by Crippen LogP contribution is 2.49. The van der Waals surface area contributed by atoms with Gasteiger partial charge in [0, 0.05) is 41.0 Å². The minimum absolute atomic E-state index is 0.0476. The van der Waals surface area contributed by atoms with Gasteiger partial charge in [-0.15, -0.1) is 0 Å². The van der Waals surface area contributed by atoms with Crippen molar-refractivity contribution < 1.29 is 0 Å². The fourth-order valence-corrected chi connectivity index (χ4v) is 3.66. The molecule has 5 rings (SSSR count). The molecule has 0 saturated heterocycles. The summed E-state index contributed by atoms with van der Waals surface area (Å²) in [5.41, 5.74) is 3.78. The average molecular weight is 330 g/mol. The third kappa shape index (κ3) is 2.61. The zero-order valence-corrected chi connectivity index (χ0v) is 13.7. The summed E-state index contributed by atoms with van der Waals surface area (Å²) in [5.74, 6) is 1.18. The Labute approximate surface area is 144 Å².